The summed E-state index contributed by atoms with van der Waals surface area (Å²) < 4.78 is 5.50. The Morgan fingerprint density at radius 2 is 2.26 bits per heavy atom. The summed E-state index contributed by atoms with van der Waals surface area (Å²) in [5.41, 5.74) is 1.51. The zero-order chi connectivity index (χ0) is 13.1. The number of carbonyl (C=O) groups excluding carboxylic acids is 1. The van der Waals surface area contributed by atoms with E-state index in [9.17, 15) is 4.79 Å². The standard InChI is InChI=1S/C15H16N2O2/c18-15(17-10-11-4-3-9-19-11)13-7-8-16-14-6-2-1-5-12(13)14/h1-2,5-8,11H,3-4,9-10H2,(H,17,18). The highest BCUT2D eigenvalue weighted by atomic mass is 16.5. The van der Waals surface area contributed by atoms with E-state index in [1.807, 2.05) is 24.3 Å². The molecule has 0 radical (unpaired) electrons. The van der Waals surface area contributed by atoms with Crippen LogP contribution in [0, 0.1) is 0 Å². The Morgan fingerprint density at radius 1 is 1.37 bits per heavy atom. The molecular weight excluding hydrogens is 240 g/mol. The molecular formula is C15H16N2O2. The third-order valence-corrected chi connectivity index (χ3v) is 3.41. The first-order chi connectivity index (χ1) is 9.34. The zero-order valence-corrected chi connectivity index (χ0v) is 10.6. The van der Waals surface area contributed by atoms with Gasteiger partial charge in [-0.3, -0.25) is 9.78 Å². The lowest BCUT2D eigenvalue weighted by Crippen LogP contribution is -2.31. The molecule has 1 aromatic carbocycles. The van der Waals surface area contributed by atoms with E-state index in [4.69, 9.17) is 4.74 Å². The van der Waals surface area contributed by atoms with Crippen LogP contribution in [0.25, 0.3) is 10.9 Å². The van der Waals surface area contributed by atoms with Gasteiger partial charge in [0.25, 0.3) is 5.91 Å². The fourth-order valence-corrected chi connectivity index (χ4v) is 2.40. The maximum Gasteiger partial charge on any atom is 0.252 e. The summed E-state index contributed by atoms with van der Waals surface area (Å²) in [5, 5.41) is 3.83. The van der Waals surface area contributed by atoms with E-state index < -0.39 is 0 Å². The zero-order valence-electron chi connectivity index (χ0n) is 10.6. The predicted molar refractivity (Wildman–Crippen MR) is 73.1 cm³/mol. The molecule has 0 bridgehead atoms. The number of hydrogen-bond acceptors (Lipinski definition) is 3. The van der Waals surface area contributed by atoms with Gasteiger partial charge in [-0.1, -0.05) is 18.2 Å². The van der Waals surface area contributed by atoms with E-state index >= 15 is 0 Å². The van der Waals surface area contributed by atoms with Gasteiger partial charge in [-0.15, -0.1) is 0 Å². The number of nitrogens with zero attached hydrogens (tertiary/aromatic N) is 1. The average Bonchev–Trinajstić information content (AvgIpc) is 2.97. The van der Waals surface area contributed by atoms with Crippen molar-refractivity contribution < 1.29 is 9.53 Å². The van der Waals surface area contributed by atoms with Crippen LogP contribution >= 0.6 is 0 Å². The summed E-state index contributed by atoms with van der Waals surface area (Å²) in [5.74, 6) is -0.0610. The Labute approximate surface area is 111 Å². The molecule has 98 valence electrons. The highest BCUT2D eigenvalue weighted by Gasteiger charge is 2.17. The van der Waals surface area contributed by atoms with Crippen LogP contribution in [0.1, 0.15) is 23.2 Å². The minimum Gasteiger partial charge on any atom is -0.376 e. The lowest BCUT2D eigenvalue weighted by molar-refractivity contribution is 0.0859. The van der Waals surface area contributed by atoms with Crippen LogP contribution in [0.5, 0.6) is 0 Å². The second-order valence-electron chi connectivity index (χ2n) is 4.72. The van der Waals surface area contributed by atoms with E-state index in [0.29, 0.717) is 12.1 Å². The van der Waals surface area contributed by atoms with Crippen LogP contribution in [0.3, 0.4) is 0 Å². The van der Waals surface area contributed by atoms with Gasteiger partial charge in [0.2, 0.25) is 0 Å². The van der Waals surface area contributed by atoms with Crippen molar-refractivity contribution in [1.29, 1.82) is 0 Å². The van der Waals surface area contributed by atoms with Crippen LogP contribution in [-0.2, 0) is 4.74 Å². The van der Waals surface area contributed by atoms with Crippen molar-refractivity contribution in [3.05, 3.63) is 42.1 Å². The van der Waals surface area contributed by atoms with Gasteiger partial charge in [0.15, 0.2) is 0 Å². The Hall–Kier alpha value is -1.94. The quantitative estimate of drug-likeness (QED) is 0.915. The first-order valence-corrected chi connectivity index (χ1v) is 6.58. The number of para-hydroxylation sites is 1. The van der Waals surface area contributed by atoms with Gasteiger partial charge in [0, 0.05) is 24.7 Å². The third-order valence-electron chi connectivity index (χ3n) is 3.41. The summed E-state index contributed by atoms with van der Waals surface area (Å²) in [6, 6.07) is 9.42. The number of carbonyl (C=O) groups is 1. The molecule has 1 aromatic heterocycles. The summed E-state index contributed by atoms with van der Waals surface area (Å²) in [4.78, 5) is 16.5. The van der Waals surface area contributed by atoms with E-state index in [2.05, 4.69) is 10.3 Å². The second-order valence-corrected chi connectivity index (χ2v) is 4.72. The van der Waals surface area contributed by atoms with Crippen molar-refractivity contribution >= 4 is 16.8 Å². The molecule has 1 atom stereocenters. The first kappa shape index (κ1) is 12.1. The normalized spacial score (nSPS) is 18.6. The van der Waals surface area contributed by atoms with Crippen molar-refractivity contribution in [2.75, 3.05) is 13.2 Å². The molecule has 4 heteroatoms. The Bertz CT molecular complexity index is 586. The van der Waals surface area contributed by atoms with E-state index in [1.54, 1.807) is 12.3 Å². The lowest BCUT2D eigenvalue weighted by Gasteiger charge is -2.11. The molecule has 0 aliphatic carbocycles. The number of rotatable bonds is 3. The summed E-state index contributed by atoms with van der Waals surface area (Å²) >= 11 is 0. The molecule has 2 aromatic rings. The van der Waals surface area contributed by atoms with Gasteiger partial charge in [0.05, 0.1) is 17.2 Å². The molecule has 3 rings (SSSR count). The number of hydrogen-bond donors (Lipinski definition) is 1. The topological polar surface area (TPSA) is 51.2 Å². The van der Waals surface area contributed by atoms with Crippen LogP contribution in [0.15, 0.2) is 36.5 Å². The van der Waals surface area contributed by atoms with Crippen molar-refractivity contribution in [1.82, 2.24) is 10.3 Å². The Kier molecular flexibility index (Phi) is 3.42. The van der Waals surface area contributed by atoms with Crippen LogP contribution in [0.4, 0.5) is 0 Å². The van der Waals surface area contributed by atoms with Crippen LogP contribution in [0.2, 0.25) is 0 Å². The molecule has 1 unspecified atom stereocenters. The minimum absolute atomic E-state index is 0.0610. The predicted octanol–water partition coefficient (Wildman–Crippen LogP) is 2.14. The van der Waals surface area contributed by atoms with Crippen molar-refractivity contribution in [2.45, 2.75) is 18.9 Å². The Balaban J connectivity index is 1.77. The molecule has 1 amide bonds. The van der Waals surface area contributed by atoms with Crippen molar-refractivity contribution in [2.24, 2.45) is 0 Å². The molecule has 2 heterocycles. The maximum absolute atomic E-state index is 12.2. The molecule has 0 saturated carbocycles. The van der Waals surface area contributed by atoms with Gasteiger partial charge >= 0.3 is 0 Å². The third kappa shape index (κ3) is 2.58. The van der Waals surface area contributed by atoms with E-state index in [-0.39, 0.29) is 12.0 Å². The number of ether oxygens (including phenoxy) is 1. The number of aromatic nitrogens is 1. The van der Waals surface area contributed by atoms with Crippen molar-refractivity contribution in [3.63, 3.8) is 0 Å². The summed E-state index contributed by atoms with van der Waals surface area (Å²) in [6.07, 6.45) is 3.94. The molecule has 19 heavy (non-hydrogen) atoms. The van der Waals surface area contributed by atoms with Gasteiger partial charge in [0.1, 0.15) is 0 Å². The number of fused-ring (bicyclic) bond motifs is 1. The van der Waals surface area contributed by atoms with Crippen molar-refractivity contribution in [3.8, 4) is 0 Å². The number of pyridine rings is 1. The molecule has 1 aliphatic rings. The van der Waals surface area contributed by atoms with Crippen LogP contribution < -0.4 is 5.32 Å². The fourth-order valence-electron chi connectivity index (χ4n) is 2.40. The number of benzene rings is 1. The SMILES string of the molecule is O=C(NCC1CCCO1)c1ccnc2ccccc12. The first-order valence-electron chi connectivity index (χ1n) is 6.58. The number of amides is 1. The van der Waals surface area contributed by atoms with E-state index in [0.717, 1.165) is 30.4 Å². The largest absolute Gasteiger partial charge is 0.376 e. The monoisotopic (exact) mass is 256 g/mol. The molecule has 1 aliphatic heterocycles. The second kappa shape index (κ2) is 5.36. The molecule has 1 fully saturated rings. The van der Waals surface area contributed by atoms with E-state index in [1.165, 1.54) is 0 Å². The van der Waals surface area contributed by atoms with Gasteiger partial charge in [-0.25, -0.2) is 0 Å². The molecule has 1 N–H and O–H groups in total. The lowest BCUT2D eigenvalue weighted by atomic mass is 10.1. The summed E-state index contributed by atoms with van der Waals surface area (Å²) in [6.45, 7) is 1.38. The molecule has 0 spiro atoms. The number of nitrogens with one attached hydrogen (secondary N) is 1. The van der Waals surface area contributed by atoms with Gasteiger partial charge in [-0.2, -0.15) is 0 Å². The van der Waals surface area contributed by atoms with Crippen LogP contribution in [-0.4, -0.2) is 30.1 Å². The Morgan fingerprint density at radius 3 is 3.11 bits per heavy atom. The van der Waals surface area contributed by atoms with Gasteiger partial charge in [-0.05, 0) is 25.0 Å². The average molecular weight is 256 g/mol. The summed E-state index contributed by atoms with van der Waals surface area (Å²) in [7, 11) is 0. The molecule has 1 saturated heterocycles. The fraction of sp³-hybridized carbons (Fsp3) is 0.333. The maximum atomic E-state index is 12.2. The van der Waals surface area contributed by atoms with Gasteiger partial charge < -0.3 is 10.1 Å². The highest BCUT2D eigenvalue weighted by Crippen LogP contribution is 2.16. The highest BCUT2D eigenvalue weighted by molar-refractivity contribution is 6.05. The molecule has 4 nitrogen and oxygen atoms in total. The minimum atomic E-state index is -0.0610. The smallest absolute Gasteiger partial charge is 0.252 e.